The van der Waals surface area contributed by atoms with E-state index in [9.17, 15) is 18.0 Å². The van der Waals surface area contributed by atoms with Crippen molar-refractivity contribution in [2.24, 2.45) is 5.41 Å². The normalized spacial score (nSPS) is 12.5. The van der Waals surface area contributed by atoms with E-state index in [4.69, 9.17) is 0 Å². The van der Waals surface area contributed by atoms with Gasteiger partial charge in [-0.1, -0.05) is 60.5 Å². The molecule has 0 aliphatic rings. The van der Waals surface area contributed by atoms with Gasteiger partial charge in [0.15, 0.2) is 0 Å². The van der Waals surface area contributed by atoms with Gasteiger partial charge >= 0.3 is 6.18 Å². The van der Waals surface area contributed by atoms with E-state index in [2.05, 4.69) is 54.5 Å². The average molecular weight is 588 g/mol. The second-order valence-electron chi connectivity index (χ2n) is 12.7. The summed E-state index contributed by atoms with van der Waals surface area (Å²) in [5.74, 6) is 0.0685. The number of aromatic nitrogens is 2. The maximum Gasteiger partial charge on any atom is 0.406 e. The van der Waals surface area contributed by atoms with Crippen LogP contribution in [0.25, 0.3) is 22.2 Å². The zero-order chi connectivity index (χ0) is 30.9. The van der Waals surface area contributed by atoms with Crippen LogP contribution in [-0.4, -0.2) is 46.7 Å². The van der Waals surface area contributed by atoms with Crippen LogP contribution in [0.15, 0.2) is 36.5 Å². The van der Waals surface area contributed by atoms with Crippen molar-refractivity contribution in [2.45, 2.75) is 98.8 Å². The van der Waals surface area contributed by atoms with E-state index in [1.54, 1.807) is 6.20 Å². The number of pyridine rings is 1. The van der Waals surface area contributed by atoms with Crippen LogP contribution in [0.1, 0.15) is 90.0 Å². The Labute approximate surface area is 249 Å². The Hall–Kier alpha value is -2.91. The molecule has 0 saturated heterocycles. The van der Waals surface area contributed by atoms with Crippen LogP contribution in [-0.2, 0) is 24.3 Å². The Morgan fingerprint density at radius 3 is 2.45 bits per heavy atom. The predicted molar refractivity (Wildman–Crippen MR) is 165 cm³/mol. The number of carbonyl (C=O) groups excluding carboxylic acids is 1. The fraction of sp³-hybridized carbons (Fsp3) is 0.576. The number of unbranched alkanes of at least 4 members (excludes halogenated alkanes) is 3. The van der Waals surface area contributed by atoms with Crippen molar-refractivity contribution in [2.75, 3.05) is 19.6 Å². The Morgan fingerprint density at radius 2 is 1.81 bits per heavy atom. The van der Waals surface area contributed by atoms with E-state index in [1.807, 2.05) is 38.1 Å². The topological polar surface area (TPSA) is 62.2 Å². The second-order valence-corrected chi connectivity index (χ2v) is 12.7. The number of hydrogen-bond donors (Lipinski definition) is 2. The van der Waals surface area contributed by atoms with E-state index >= 15 is 0 Å². The number of carbonyl (C=O) groups is 1. The van der Waals surface area contributed by atoms with Gasteiger partial charge in [-0.25, -0.2) is 5.43 Å². The molecule has 3 aromatic rings. The maximum atomic E-state index is 14.1. The lowest BCUT2D eigenvalue weighted by atomic mass is 9.85. The lowest BCUT2D eigenvalue weighted by Gasteiger charge is -2.22. The molecule has 1 amide bonds. The maximum absolute atomic E-state index is 14.1. The number of hydrogen-bond acceptors (Lipinski definition) is 4. The molecule has 1 aromatic carbocycles. The first-order valence-corrected chi connectivity index (χ1v) is 15.1. The highest BCUT2D eigenvalue weighted by atomic mass is 19.4. The van der Waals surface area contributed by atoms with Gasteiger partial charge in [-0.3, -0.25) is 20.1 Å². The summed E-state index contributed by atoms with van der Waals surface area (Å²) in [6, 6.07) is 9.73. The van der Waals surface area contributed by atoms with Crippen molar-refractivity contribution < 1.29 is 18.0 Å². The van der Waals surface area contributed by atoms with Crippen molar-refractivity contribution in [3.05, 3.63) is 53.3 Å². The Kier molecular flexibility index (Phi) is 12.0. The highest BCUT2D eigenvalue weighted by molar-refractivity contribution is 5.93. The molecule has 0 bridgehead atoms. The van der Waals surface area contributed by atoms with Gasteiger partial charge in [0, 0.05) is 35.8 Å². The summed E-state index contributed by atoms with van der Waals surface area (Å²) in [7, 11) is 0. The predicted octanol–water partition coefficient (Wildman–Crippen LogP) is 7.61. The molecule has 232 valence electrons. The molecule has 0 atom stereocenters. The van der Waals surface area contributed by atoms with E-state index in [-0.39, 0.29) is 11.3 Å². The molecule has 3 rings (SSSR count). The number of alkyl halides is 3. The molecular weight excluding hydrogens is 539 g/mol. The zero-order valence-electron chi connectivity index (χ0n) is 26.1. The zero-order valence-corrected chi connectivity index (χ0v) is 26.1. The number of halogens is 3. The Morgan fingerprint density at radius 1 is 1.07 bits per heavy atom. The SMILES string of the molecule is CCN(CCCCCCNNC=O)Cc1ccc2c(c1)c(CC(C)(C)C)c(-c1cccnc1C(C)C)n2CC(F)(F)F. The molecule has 0 radical (unpaired) electrons. The summed E-state index contributed by atoms with van der Waals surface area (Å²) in [5, 5.41) is 0.896. The third-order valence-corrected chi connectivity index (χ3v) is 7.46. The molecule has 0 aliphatic carbocycles. The third kappa shape index (κ3) is 9.56. The number of benzene rings is 1. The second kappa shape index (κ2) is 15.0. The van der Waals surface area contributed by atoms with Gasteiger partial charge in [-0.2, -0.15) is 13.2 Å². The number of amides is 1. The quantitative estimate of drug-likeness (QED) is 0.103. The van der Waals surface area contributed by atoms with Crippen molar-refractivity contribution in [3.8, 4) is 11.3 Å². The van der Waals surface area contributed by atoms with E-state index in [0.717, 1.165) is 79.6 Å². The van der Waals surface area contributed by atoms with Crippen LogP contribution in [0.2, 0.25) is 0 Å². The van der Waals surface area contributed by atoms with Gasteiger partial charge in [0.05, 0.1) is 11.4 Å². The largest absolute Gasteiger partial charge is 0.406 e. The summed E-state index contributed by atoms with van der Waals surface area (Å²) >= 11 is 0. The molecular formula is C33H48F3N5O. The molecule has 6 nitrogen and oxygen atoms in total. The number of nitrogens with zero attached hydrogens (tertiary/aromatic N) is 3. The van der Waals surface area contributed by atoms with E-state index in [0.29, 0.717) is 24.0 Å². The molecule has 0 fully saturated rings. The highest BCUT2D eigenvalue weighted by Gasteiger charge is 2.33. The summed E-state index contributed by atoms with van der Waals surface area (Å²) in [5.41, 5.74) is 10.1. The summed E-state index contributed by atoms with van der Waals surface area (Å²) in [6.45, 7) is 14.9. The molecule has 9 heteroatoms. The number of fused-ring (bicyclic) bond motifs is 1. The fourth-order valence-electron chi connectivity index (χ4n) is 5.63. The number of hydrazine groups is 1. The number of nitrogens with one attached hydrogen (secondary N) is 2. The van der Waals surface area contributed by atoms with Gasteiger partial charge in [0.25, 0.3) is 0 Å². The summed E-state index contributed by atoms with van der Waals surface area (Å²) < 4.78 is 43.6. The Balaban J connectivity index is 1.99. The molecule has 2 aromatic heterocycles. The van der Waals surface area contributed by atoms with Gasteiger partial charge in [-0.15, -0.1) is 0 Å². The van der Waals surface area contributed by atoms with Crippen LogP contribution in [0.4, 0.5) is 13.2 Å². The number of rotatable bonds is 16. The molecule has 2 N–H and O–H groups in total. The average Bonchev–Trinajstić information content (AvgIpc) is 3.18. The van der Waals surface area contributed by atoms with Crippen molar-refractivity contribution >= 4 is 17.3 Å². The molecule has 42 heavy (non-hydrogen) atoms. The lowest BCUT2D eigenvalue weighted by molar-refractivity contribution is -0.139. The first-order chi connectivity index (χ1) is 19.8. The molecule has 0 spiro atoms. The van der Waals surface area contributed by atoms with Crippen LogP contribution in [0, 0.1) is 5.41 Å². The van der Waals surface area contributed by atoms with Gasteiger partial charge in [0.2, 0.25) is 6.41 Å². The first kappa shape index (κ1) is 33.6. The van der Waals surface area contributed by atoms with Gasteiger partial charge in [0.1, 0.15) is 6.54 Å². The fourth-order valence-corrected chi connectivity index (χ4v) is 5.63. The highest BCUT2D eigenvalue weighted by Crippen LogP contribution is 2.41. The molecule has 2 heterocycles. The smallest absolute Gasteiger partial charge is 0.331 e. The molecule has 0 aliphatic heterocycles. The van der Waals surface area contributed by atoms with Crippen molar-refractivity contribution in [1.29, 1.82) is 0 Å². The molecule has 0 saturated carbocycles. The third-order valence-electron chi connectivity index (χ3n) is 7.46. The van der Waals surface area contributed by atoms with Gasteiger partial charge < -0.3 is 4.57 Å². The van der Waals surface area contributed by atoms with Crippen LogP contribution >= 0.6 is 0 Å². The van der Waals surface area contributed by atoms with E-state index < -0.39 is 12.7 Å². The van der Waals surface area contributed by atoms with Crippen molar-refractivity contribution in [1.82, 2.24) is 25.3 Å². The monoisotopic (exact) mass is 587 g/mol. The van der Waals surface area contributed by atoms with Crippen LogP contribution < -0.4 is 10.9 Å². The minimum absolute atomic E-state index is 0.0685. The summed E-state index contributed by atoms with van der Waals surface area (Å²) in [6.07, 6.45) is 2.88. The van der Waals surface area contributed by atoms with E-state index in [1.165, 1.54) is 4.57 Å². The first-order valence-electron chi connectivity index (χ1n) is 15.1. The standard InChI is InChI=1S/C33H48F3N5O/c1-7-40(18-11-9-8-10-17-38-39-23-42)21-25-14-15-29-27(19-25)28(20-32(4,5)6)31(41(29)22-33(34,35)36)26-13-12-16-37-30(26)24(2)3/h12-16,19,23-24,38H,7-11,17-18,20-22H2,1-6H3,(H,39,42). The van der Waals surface area contributed by atoms with Gasteiger partial charge in [-0.05, 0) is 79.1 Å². The molecule has 0 unspecified atom stereocenters. The Bertz CT molecular complexity index is 1290. The minimum atomic E-state index is -4.36. The minimum Gasteiger partial charge on any atom is -0.331 e. The van der Waals surface area contributed by atoms with Crippen molar-refractivity contribution in [3.63, 3.8) is 0 Å². The lowest BCUT2D eigenvalue weighted by Crippen LogP contribution is -2.30. The summed E-state index contributed by atoms with van der Waals surface area (Å²) in [4.78, 5) is 17.3. The van der Waals surface area contributed by atoms with Crippen LogP contribution in [0.5, 0.6) is 0 Å². The van der Waals surface area contributed by atoms with Crippen LogP contribution in [0.3, 0.4) is 0 Å².